The summed E-state index contributed by atoms with van der Waals surface area (Å²) in [5.74, 6) is 0.666. The van der Waals surface area contributed by atoms with Gasteiger partial charge in [0.15, 0.2) is 5.82 Å². The van der Waals surface area contributed by atoms with Crippen LogP contribution in [-0.4, -0.2) is 17.1 Å². The van der Waals surface area contributed by atoms with Gasteiger partial charge < -0.3 is 4.74 Å². The van der Waals surface area contributed by atoms with Crippen LogP contribution < -0.4 is 0 Å². The summed E-state index contributed by atoms with van der Waals surface area (Å²) >= 11 is 5.92. The van der Waals surface area contributed by atoms with Crippen molar-refractivity contribution in [2.45, 2.75) is 13.0 Å². The highest BCUT2D eigenvalue weighted by molar-refractivity contribution is 6.30. The Morgan fingerprint density at radius 1 is 1.24 bits per heavy atom. The highest BCUT2D eigenvalue weighted by atomic mass is 35.5. The molecule has 1 heterocycles. The van der Waals surface area contributed by atoms with E-state index in [4.69, 9.17) is 16.3 Å². The van der Waals surface area contributed by atoms with Crippen molar-refractivity contribution in [1.82, 2.24) is 9.97 Å². The number of rotatable bonds is 3. The zero-order chi connectivity index (χ0) is 12.3. The molecule has 3 nitrogen and oxygen atoms in total. The standard InChI is InChI=1S/C13H13ClN2O/c1-9(17-2)11-7-15-13(16-8-11)10-4-3-5-12(14)6-10/h3-9H,1-2H3. The Balaban J connectivity index is 2.29. The lowest BCUT2D eigenvalue weighted by Gasteiger charge is -2.09. The first kappa shape index (κ1) is 12.0. The van der Waals surface area contributed by atoms with Crippen molar-refractivity contribution in [2.24, 2.45) is 0 Å². The van der Waals surface area contributed by atoms with E-state index in [1.54, 1.807) is 19.5 Å². The number of methoxy groups -OCH3 is 1. The normalized spacial score (nSPS) is 12.4. The summed E-state index contributed by atoms with van der Waals surface area (Å²) in [5.41, 5.74) is 1.87. The lowest BCUT2D eigenvalue weighted by molar-refractivity contribution is 0.119. The van der Waals surface area contributed by atoms with Gasteiger partial charge in [-0.3, -0.25) is 0 Å². The smallest absolute Gasteiger partial charge is 0.159 e. The first-order valence-electron chi connectivity index (χ1n) is 5.31. The van der Waals surface area contributed by atoms with Crippen LogP contribution in [0.1, 0.15) is 18.6 Å². The first-order valence-corrected chi connectivity index (χ1v) is 5.69. The third-order valence-corrected chi connectivity index (χ3v) is 2.81. The summed E-state index contributed by atoms with van der Waals surface area (Å²) in [7, 11) is 1.66. The van der Waals surface area contributed by atoms with Gasteiger partial charge >= 0.3 is 0 Å². The molecular formula is C13H13ClN2O. The van der Waals surface area contributed by atoms with Crippen molar-refractivity contribution < 1.29 is 4.74 Å². The largest absolute Gasteiger partial charge is 0.377 e. The van der Waals surface area contributed by atoms with Gasteiger partial charge in [0, 0.05) is 35.7 Å². The third kappa shape index (κ3) is 2.81. The molecular weight excluding hydrogens is 236 g/mol. The maximum absolute atomic E-state index is 5.92. The Morgan fingerprint density at radius 3 is 2.53 bits per heavy atom. The molecule has 0 aliphatic carbocycles. The van der Waals surface area contributed by atoms with Gasteiger partial charge in [-0.2, -0.15) is 0 Å². The molecule has 0 bridgehead atoms. The maximum atomic E-state index is 5.92. The molecule has 88 valence electrons. The highest BCUT2D eigenvalue weighted by Gasteiger charge is 2.06. The second-order valence-corrected chi connectivity index (χ2v) is 4.16. The van der Waals surface area contributed by atoms with E-state index < -0.39 is 0 Å². The van der Waals surface area contributed by atoms with E-state index in [1.165, 1.54) is 0 Å². The fraction of sp³-hybridized carbons (Fsp3) is 0.231. The number of ether oxygens (including phenoxy) is 1. The Labute approximate surface area is 105 Å². The summed E-state index contributed by atoms with van der Waals surface area (Å²) in [5, 5.41) is 0.681. The van der Waals surface area contributed by atoms with E-state index in [9.17, 15) is 0 Å². The Bertz CT molecular complexity index is 499. The van der Waals surface area contributed by atoms with Crippen LogP contribution in [0.15, 0.2) is 36.7 Å². The zero-order valence-corrected chi connectivity index (χ0v) is 10.5. The van der Waals surface area contributed by atoms with Crippen LogP contribution in [0.4, 0.5) is 0 Å². The number of nitrogens with zero attached hydrogens (tertiary/aromatic N) is 2. The van der Waals surface area contributed by atoms with Crippen molar-refractivity contribution in [3.8, 4) is 11.4 Å². The van der Waals surface area contributed by atoms with E-state index in [1.807, 2.05) is 31.2 Å². The molecule has 0 aliphatic heterocycles. The monoisotopic (exact) mass is 248 g/mol. The van der Waals surface area contributed by atoms with E-state index in [0.29, 0.717) is 10.8 Å². The van der Waals surface area contributed by atoms with E-state index in [2.05, 4.69) is 9.97 Å². The van der Waals surface area contributed by atoms with Crippen LogP contribution in [0, 0.1) is 0 Å². The molecule has 1 unspecified atom stereocenters. The Hall–Kier alpha value is -1.45. The Morgan fingerprint density at radius 2 is 1.94 bits per heavy atom. The van der Waals surface area contributed by atoms with Crippen molar-refractivity contribution >= 4 is 11.6 Å². The number of hydrogen-bond donors (Lipinski definition) is 0. The van der Waals surface area contributed by atoms with Crippen molar-refractivity contribution in [2.75, 3.05) is 7.11 Å². The minimum Gasteiger partial charge on any atom is -0.377 e. The van der Waals surface area contributed by atoms with Crippen molar-refractivity contribution in [3.05, 3.63) is 47.2 Å². The van der Waals surface area contributed by atoms with Gasteiger partial charge in [-0.15, -0.1) is 0 Å². The van der Waals surface area contributed by atoms with E-state index in [-0.39, 0.29) is 6.10 Å². The molecule has 2 aromatic rings. The molecule has 1 aromatic heterocycles. The van der Waals surface area contributed by atoms with Crippen LogP contribution in [0.5, 0.6) is 0 Å². The molecule has 1 aromatic carbocycles. The molecule has 0 saturated heterocycles. The third-order valence-electron chi connectivity index (χ3n) is 2.58. The summed E-state index contributed by atoms with van der Waals surface area (Å²) in [6.07, 6.45) is 3.55. The molecule has 0 amide bonds. The molecule has 17 heavy (non-hydrogen) atoms. The van der Waals surface area contributed by atoms with Gasteiger partial charge in [-0.05, 0) is 19.1 Å². The predicted octanol–water partition coefficient (Wildman–Crippen LogP) is 3.50. The van der Waals surface area contributed by atoms with Gasteiger partial charge in [0.05, 0.1) is 6.10 Å². The molecule has 0 spiro atoms. The van der Waals surface area contributed by atoms with Gasteiger partial charge in [-0.1, -0.05) is 23.7 Å². The van der Waals surface area contributed by atoms with Crippen LogP contribution in [0.25, 0.3) is 11.4 Å². The number of aromatic nitrogens is 2. The fourth-order valence-corrected chi connectivity index (χ4v) is 1.65. The van der Waals surface area contributed by atoms with Gasteiger partial charge in [0.1, 0.15) is 0 Å². The number of halogens is 1. The average molecular weight is 249 g/mol. The quantitative estimate of drug-likeness (QED) is 0.834. The van der Waals surface area contributed by atoms with Crippen LogP contribution in [0.2, 0.25) is 5.02 Å². The van der Waals surface area contributed by atoms with Crippen molar-refractivity contribution in [3.63, 3.8) is 0 Å². The SMILES string of the molecule is COC(C)c1cnc(-c2cccc(Cl)c2)nc1. The summed E-state index contributed by atoms with van der Waals surface area (Å²) in [4.78, 5) is 8.62. The second-order valence-electron chi connectivity index (χ2n) is 3.73. The highest BCUT2D eigenvalue weighted by Crippen LogP contribution is 2.20. The topological polar surface area (TPSA) is 35.0 Å². The molecule has 0 fully saturated rings. The zero-order valence-electron chi connectivity index (χ0n) is 9.72. The predicted molar refractivity (Wildman–Crippen MR) is 67.9 cm³/mol. The lowest BCUT2D eigenvalue weighted by atomic mass is 10.2. The number of hydrogen-bond acceptors (Lipinski definition) is 3. The van der Waals surface area contributed by atoms with Gasteiger partial charge in [0.25, 0.3) is 0 Å². The van der Waals surface area contributed by atoms with Crippen LogP contribution in [0.3, 0.4) is 0 Å². The molecule has 4 heteroatoms. The average Bonchev–Trinajstić information content (AvgIpc) is 2.38. The van der Waals surface area contributed by atoms with E-state index >= 15 is 0 Å². The molecule has 1 atom stereocenters. The molecule has 0 saturated carbocycles. The van der Waals surface area contributed by atoms with Gasteiger partial charge in [0.2, 0.25) is 0 Å². The van der Waals surface area contributed by atoms with Crippen molar-refractivity contribution in [1.29, 1.82) is 0 Å². The minimum absolute atomic E-state index is 0.00316. The summed E-state index contributed by atoms with van der Waals surface area (Å²) < 4.78 is 5.20. The lowest BCUT2D eigenvalue weighted by Crippen LogP contribution is -1.98. The molecule has 2 rings (SSSR count). The molecule has 0 N–H and O–H groups in total. The van der Waals surface area contributed by atoms with E-state index in [0.717, 1.165) is 11.1 Å². The molecule has 0 radical (unpaired) electrons. The molecule has 0 aliphatic rings. The first-order chi connectivity index (χ1) is 8.20. The van der Waals surface area contributed by atoms with Crippen LogP contribution in [-0.2, 0) is 4.74 Å². The minimum atomic E-state index is 0.00316. The maximum Gasteiger partial charge on any atom is 0.159 e. The van der Waals surface area contributed by atoms with Gasteiger partial charge in [-0.25, -0.2) is 9.97 Å². The second kappa shape index (κ2) is 5.25. The summed E-state index contributed by atoms with van der Waals surface area (Å²) in [6, 6.07) is 7.48. The number of benzene rings is 1. The van der Waals surface area contributed by atoms with Crippen LogP contribution >= 0.6 is 11.6 Å². The fourth-order valence-electron chi connectivity index (χ4n) is 1.46. The Kier molecular flexibility index (Phi) is 3.71. The summed E-state index contributed by atoms with van der Waals surface area (Å²) in [6.45, 7) is 1.96.